The first-order valence-electron chi connectivity index (χ1n) is 8.91. The summed E-state index contributed by atoms with van der Waals surface area (Å²) in [5, 5.41) is 14.7. The lowest BCUT2D eigenvalue weighted by Crippen LogP contribution is -2.49. The molecule has 0 bridgehead atoms. The highest BCUT2D eigenvalue weighted by molar-refractivity contribution is 5.88. The minimum Gasteiger partial charge on any atom is -0.478 e. The zero-order valence-corrected chi connectivity index (χ0v) is 15.5. The van der Waals surface area contributed by atoms with Crippen LogP contribution in [0.5, 0.6) is 0 Å². The number of carbonyl (C=O) groups is 3. The molecule has 8 nitrogen and oxygen atoms in total. The van der Waals surface area contributed by atoms with Crippen LogP contribution in [0.4, 0.5) is 4.79 Å². The summed E-state index contributed by atoms with van der Waals surface area (Å²) in [4.78, 5) is 37.3. The molecule has 0 radical (unpaired) electrons. The van der Waals surface area contributed by atoms with Gasteiger partial charge in [-0.05, 0) is 31.7 Å². The molecule has 3 N–H and O–H groups in total. The molecule has 8 heteroatoms. The summed E-state index contributed by atoms with van der Waals surface area (Å²) in [6.45, 7) is 7.39. The van der Waals surface area contributed by atoms with Gasteiger partial charge in [0.1, 0.15) is 17.1 Å². The number of carboxylic acids is 1. The van der Waals surface area contributed by atoms with Crippen molar-refractivity contribution in [2.45, 2.75) is 40.2 Å². The van der Waals surface area contributed by atoms with E-state index in [0.29, 0.717) is 37.1 Å². The lowest BCUT2D eigenvalue weighted by atomic mass is 9.97. The largest absolute Gasteiger partial charge is 0.478 e. The van der Waals surface area contributed by atoms with Gasteiger partial charge in [-0.3, -0.25) is 4.79 Å². The van der Waals surface area contributed by atoms with Gasteiger partial charge in [-0.15, -0.1) is 0 Å². The number of carbonyl (C=O) groups excluding carboxylic acids is 2. The molecule has 0 saturated carbocycles. The molecule has 0 spiro atoms. The lowest BCUT2D eigenvalue weighted by molar-refractivity contribution is -0.126. The molecule has 1 atom stereocenters. The Hall–Kier alpha value is -2.51. The molecule has 0 aliphatic carbocycles. The quantitative estimate of drug-likeness (QED) is 0.714. The Labute approximate surface area is 152 Å². The van der Waals surface area contributed by atoms with Gasteiger partial charge in [-0.1, -0.05) is 13.8 Å². The molecule has 1 unspecified atom stereocenters. The number of piperidine rings is 1. The van der Waals surface area contributed by atoms with Gasteiger partial charge in [0.2, 0.25) is 5.91 Å². The highest BCUT2D eigenvalue weighted by atomic mass is 16.4. The van der Waals surface area contributed by atoms with E-state index in [1.54, 1.807) is 11.8 Å². The third-order valence-electron chi connectivity index (χ3n) is 4.38. The van der Waals surface area contributed by atoms with Gasteiger partial charge < -0.3 is 25.1 Å². The molecule has 1 fully saturated rings. The van der Waals surface area contributed by atoms with Crippen molar-refractivity contribution in [1.29, 1.82) is 0 Å². The van der Waals surface area contributed by atoms with Gasteiger partial charge in [0.25, 0.3) is 0 Å². The van der Waals surface area contributed by atoms with Crippen molar-refractivity contribution in [3.05, 3.63) is 23.2 Å². The summed E-state index contributed by atoms with van der Waals surface area (Å²) in [5.74, 6) is -0.404. The van der Waals surface area contributed by atoms with Gasteiger partial charge in [0, 0.05) is 19.6 Å². The molecule has 1 aromatic rings. The van der Waals surface area contributed by atoms with E-state index in [4.69, 9.17) is 9.52 Å². The van der Waals surface area contributed by atoms with Crippen molar-refractivity contribution in [3.8, 4) is 0 Å². The molecule has 1 aliphatic rings. The Kier molecular flexibility index (Phi) is 6.65. The van der Waals surface area contributed by atoms with Crippen LogP contribution in [0.25, 0.3) is 0 Å². The summed E-state index contributed by atoms with van der Waals surface area (Å²) in [6.07, 6.45) is 1.49. The summed E-state index contributed by atoms with van der Waals surface area (Å²) in [7, 11) is 0. The van der Waals surface area contributed by atoms with E-state index >= 15 is 0 Å². The Morgan fingerprint density at radius 1 is 1.35 bits per heavy atom. The van der Waals surface area contributed by atoms with E-state index in [-0.39, 0.29) is 30.0 Å². The molecular weight excluding hydrogens is 338 g/mol. The molecule has 3 amide bonds. The summed E-state index contributed by atoms with van der Waals surface area (Å²) >= 11 is 0. The van der Waals surface area contributed by atoms with Gasteiger partial charge in [-0.2, -0.15) is 0 Å². The van der Waals surface area contributed by atoms with Crippen LogP contribution >= 0.6 is 0 Å². The SMILES string of the molecule is Cc1oc(CNC(=O)C2CCCN(C(=O)NCC(C)C)C2)cc1C(=O)O. The van der Waals surface area contributed by atoms with Gasteiger partial charge in [0.15, 0.2) is 0 Å². The number of amides is 3. The third kappa shape index (κ3) is 5.24. The monoisotopic (exact) mass is 365 g/mol. The van der Waals surface area contributed by atoms with Crippen molar-refractivity contribution < 1.29 is 23.9 Å². The van der Waals surface area contributed by atoms with Crippen molar-refractivity contribution >= 4 is 17.9 Å². The van der Waals surface area contributed by atoms with Crippen molar-refractivity contribution in [2.75, 3.05) is 19.6 Å². The van der Waals surface area contributed by atoms with Gasteiger partial charge >= 0.3 is 12.0 Å². The number of aromatic carboxylic acids is 1. The average molecular weight is 365 g/mol. The molecular formula is C18H27N3O5. The molecule has 1 aliphatic heterocycles. The maximum Gasteiger partial charge on any atom is 0.339 e. The van der Waals surface area contributed by atoms with E-state index in [2.05, 4.69) is 10.6 Å². The first-order valence-corrected chi connectivity index (χ1v) is 8.91. The normalized spacial score (nSPS) is 17.2. The van der Waals surface area contributed by atoms with Crippen molar-refractivity contribution in [2.24, 2.45) is 11.8 Å². The van der Waals surface area contributed by atoms with Gasteiger partial charge in [0.05, 0.1) is 12.5 Å². The van der Waals surface area contributed by atoms with Crippen LogP contribution in [-0.2, 0) is 11.3 Å². The number of rotatable bonds is 6. The van der Waals surface area contributed by atoms with E-state index < -0.39 is 5.97 Å². The third-order valence-corrected chi connectivity index (χ3v) is 4.38. The summed E-state index contributed by atoms with van der Waals surface area (Å²) in [5.41, 5.74) is 0.0971. The maximum atomic E-state index is 12.4. The molecule has 26 heavy (non-hydrogen) atoms. The second kappa shape index (κ2) is 8.73. The highest BCUT2D eigenvalue weighted by Crippen LogP contribution is 2.18. The topological polar surface area (TPSA) is 112 Å². The fraction of sp³-hybridized carbons (Fsp3) is 0.611. The molecule has 1 aromatic heterocycles. The van der Waals surface area contributed by atoms with Crippen molar-refractivity contribution in [1.82, 2.24) is 15.5 Å². The Bertz CT molecular complexity index is 668. The molecule has 144 valence electrons. The Balaban J connectivity index is 1.86. The number of likely N-dealkylation sites (tertiary alicyclic amines) is 1. The standard InChI is InChI=1S/C18H27N3O5/c1-11(2)8-20-18(25)21-6-4-5-13(10-21)16(22)19-9-14-7-15(17(23)24)12(3)26-14/h7,11,13H,4-6,8-10H2,1-3H3,(H,19,22)(H,20,25)(H,23,24). The summed E-state index contributed by atoms with van der Waals surface area (Å²) in [6, 6.07) is 1.29. The predicted molar refractivity (Wildman–Crippen MR) is 94.8 cm³/mol. The number of aryl methyl sites for hydroxylation is 1. The van der Waals surface area contributed by atoms with Crippen molar-refractivity contribution in [3.63, 3.8) is 0 Å². The van der Waals surface area contributed by atoms with Crippen LogP contribution in [0, 0.1) is 18.8 Å². The lowest BCUT2D eigenvalue weighted by Gasteiger charge is -2.32. The Morgan fingerprint density at radius 3 is 2.69 bits per heavy atom. The number of carboxylic acid groups (broad SMARTS) is 1. The smallest absolute Gasteiger partial charge is 0.339 e. The number of nitrogens with zero attached hydrogens (tertiary/aromatic N) is 1. The minimum atomic E-state index is -1.06. The van der Waals surface area contributed by atoms with Crippen LogP contribution in [0.3, 0.4) is 0 Å². The second-order valence-electron chi connectivity index (χ2n) is 7.07. The highest BCUT2D eigenvalue weighted by Gasteiger charge is 2.28. The zero-order valence-electron chi connectivity index (χ0n) is 15.5. The first-order chi connectivity index (χ1) is 12.3. The van der Waals surface area contributed by atoms with Crippen LogP contribution in [0.15, 0.2) is 10.5 Å². The van der Waals surface area contributed by atoms with Crippen LogP contribution in [0.2, 0.25) is 0 Å². The number of hydrogen-bond acceptors (Lipinski definition) is 4. The fourth-order valence-electron chi connectivity index (χ4n) is 2.94. The van der Waals surface area contributed by atoms with Crippen LogP contribution in [0.1, 0.15) is 48.6 Å². The van der Waals surface area contributed by atoms with E-state index in [1.807, 2.05) is 13.8 Å². The molecule has 2 heterocycles. The first kappa shape index (κ1) is 19.8. The number of hydrogen-bond donors (Lipinski definition) is 3. The molecule has 1 saturated heterocycles. The van der Waals surface area contributed by atoms with E-state index in [1.165, 1.54) is 6.07 Å². The number of furan rings is 1. The van der Waals surface area contributed by atoms with E-state index in [9.17, 15) is 14.4 Å². The minimum absolute atomic E-state index is 0.0971. The van der Waals surface area contributed by atoms with Crippen LogP contribution < -0.4 is 10.6 Å². The number of urea groups is 1. The zero-order chi connectivity index (χ0) is 19.3. The maximum absolute atomic E-state index is 12.4. The fourth-order valence-corrected chi connectivity index (χ4v) is 2.94. The second-order valence-corrected chi connectivity index (χ2v) is 7.07. The Morgan fingerprint density at radius 2 is 2.08 bits per heavy atom. The molecule has 2 rings (SSSR count). The summed E-state index contributed by atoms with van der Waals surface area (Å²) < 4.78 is 5.36. The number of nitrogens with one attached hydrogen (secondary N) is 2. The van der Waals surface area contributed by atoms with E-state index in [0.717, 1.165) is 12.8 Å². The van der Waals surface area contributed by atoms with Gasteiger partial charge in [-0.25, -0.2) is 9.59 Å². The average Bonchev–Trinajstić information content (AvgIpc) is 2.98. The van der Waals surface area contributed by atoms with Crippen LogP contribution in [-0.4, -0.2) is 47.5 Å². The molecule has 0 aromatic carbocycles. The predicted octanol–water partition coefficient (Wildman–Crippen LogP) is 1.98.